The van der Waals surface area contributed by atoms with Crippen molar-refractivity contribution in [2.24, 2.45) is 0 Å². The molecule has 0 radical (unpaired) electrons. The second kappa shape index (κ2) is 8.65. The Morgan fingerprint density at radius 3 is 2.55 bits per heavy atom. The summed E-state index contributed by atoms with van der Waals surface area (Å²) in [5.74, 6) is 0.633. The van der Waals surface area contributed by atoms with Crippen molar-refractivity contribution in [3.8, 4) is 11.5 Å². The van der Waals surface area contributed by atoms with Crippen LogP contribution in [0.25, 0.3) is 22.7 Å². The first-order valence-electron chi connectivity index (χ1n) is 9.96. The molecule has 0 aliphatic heterocycles. The largest absolute Gasteiger partial charge is 0.434 e. The minimum atomic E-state index is -0.258. The molecule has 0 saturated heterocycles. The maximum atomic E-state index is 12.5. The lowest BCUT2D eigenvalue weighted by atomic mass is 10.0. The highest BCUT2D eigenvalue weighted by Crippen LogP contribution is 2.30. The summed E-state index contributed by atoms with van der Waals surface area (Å²) in [7, 11) is 0. The number of thiocarbonyl (C=S) groups is 1. The summed E-state index contributed by atoms with van der Waals surface area (Å²) >= 11 is 5.36. The summed E-state index contributed by atoms with van der Waals surface area (Å²) in [5, 5.41) is 6.05. The fourth-order valence-electron chi connectivity index (χ4n) is 3.24. The monoisotopic (exact) mass is 430 g/mol. The van der Waals surface area contributed by atoms with Crippen LogP contribution < -0.4 is 10.6 Å². The van der Waals surface area contributed by atoms with Crippen molar-refractivity contribution in [3.05, 3.63) is 77.5 Å². The van der Waals surface area contributed by atoms with Crippen molar-refractivity contribution in [3.63, 3.8) is 0 Å². The average Bonchev–Trinajstić information content (AvgIpc) is 3.19. The molecule has 0 unspecified atom stereocenters. The van der Waals surface area contributed by atoms with Gasteiger partial charge in [0.2, 0.25) is 5.89 Å². The summed E-state index contributed by atoms with van der Waals surface area (Å²) in [6, 6.07) is 16.8. The van der Waals surface area contributed by atoms with Gasteiger partial charge in [-0.3, -0.25) is 10.1 Å². The van der Waals surface area contributed by atoms with E-state index in [9.17, 15) is 4.79 Å². The summed E-state index contributed by atoms with van der Waals surface area (Å²) < 4.78 is 5.84. The lowest BCUT2D eigenvalue weighted by Crippen LogP contribution is -2.34. The lowest BCUT2D eigenvalue weighted by molar-refractivity contribution is 0.0977. The number of oxazole rings is 1. The molecule has 6 nitrogen and oxygen atoms in total. The Morgan fingerprint density at radius 1 is 1.06 bits per heavy atom. The summed E-state index contributed by atoms with van der Waals surface area (Å²) in [6.45, 7) is 6.17. The number of carbonyl (C=O) groups excluding carboxylic acids is 1. The SMILES string of the molecule is Cc1c(NC(=S)NC(=O)c2ccc(C(C)C)cc2)cccc1-c1nc2ncccc2o1. The predicted molar refractivity (Wildman–Crippen MR) is 126 cm³/mol. The highest BCUT2D eigenvalue weighted by Gasteiger charge is 2.15. The summed E-state index contributed by atoms with van der Waals surface area (Å²) in [6.07, 6.45) is 1.68. The Morgan fingerprint density at radius 2 is 1.84 bits per heavy atom. The molecule has 0 spiro atoms. The van der Waals surface area contributed by atoms with E-state index in [-0.39, 0.29) is 11.0 Å². The van der Waals surface area contributed by atoms with Crippen molar-refractivity contribution >= 4 is 40.2 Å². The van der Waals surface area contributed by atoms with Crippen molar-refractivity contribution in [1.82, 2.24) is 15.3 Å². The topological polar surface area (TPSA) is 80.0 Å². The van der Waals surface area contributed by atoms with E-state index >= 15 is 0 Å². The van der Waals surface area contributed by atoms with Crippen LogP contribution >= 0.6 is 12.2 Å². The number of anilines is 1. The van der Waals surface area contributed by atoms with Gasteiger partial charge in [0.1, 0.15) is 0 Å². The smallest absolute Gasteiger partial charge is 0.257 e. The average molecular weight is 431 g/mol. The van der Waals surface area contributed by atoms with E-state index in [2.05, 4.69) is 34.4 Å². The van der Waals surface area contributed by atoms with Crippen LogP contribution in [-0.4, -0.2) is 21.0 Å². The second-order valence-electron chi connectivity index (χ2n) is 7.51. The van der Waals surface area contributed by atoms with Crippen LogP contribution in [0, 0.1) is 6.92 Å². The zero-order valence-corrected chi connectivity index (χ0v) is 18.3. The number of nitrogens with zero attached hydrogens (tertiary/aromatic N) is 2. The van der Waals surface area contributed by atoms with E-state index in [4.69, 9.17) is 16.6 Å². The standard InChI is InChI=1S/C24H22N4O2S/c1-14(2)16-9-11-17(12-10-16)22(29)28-24(31)26-19-7-4-6-18(15(19)3)23-27-21-20(30-23)8-5-13-25-21/h4-14H,1-3H3,(H2,26,28,29,31). The van der Waals surface area contributed by atoms with Gasteiger partial charge in [-0.05, 0) is 72.6 Å². The van der Waals surface area contributed by atoms with E-state index < -0.39 is 0 Å². The molecule has 0 saturated carbocycles. The third kappa shape index (κ3) is 4.46. The molecular formula is C24H22N4O2S. The molecule has 7 heteroatoms. The lowest BCUT2D eigenvalue weighted by Gasteiger charge is -2.13. The van der Waals surface area contributed by atoms with E-state index in [1.165, 1.54) is 5.56 Å². The van der Waals surface area contributed by atoms with Crippen LogP contribution in [0.1, 0.15) is 41.3 Å². The molecule has 156 valence electrons. The van der Waals surface area contributed by atoms with E-state index in [1.54, 1.807) is 24.4 Å². The molecule has 4 rings (SSSR count). The van der Waals surface area contributed by atoms with Gasteiger partial charge < -0.3 is 9.73 Å². The molecule has 0 fully saturated rings. The highest BCUT2D eigenvalue weighted by molar-refractivity contribution is 7.80. The third-order valence-corrected chi connectivity index (χ3v) is 5.25. The zero-order valence-electron chi connectivity index (χ0n) is 17.5. The van der Waals surface area contributed by atoms with Crippen LogP contribution in [0.15, 0.2) is 65.2 Å². The number of pyridine rings is 1. The van der Waals surface area contributed by atoms with E-state index in [1.807, 2.05) is 43.3 Å². The summed E-state index contributed by atoms with van der Waals surface area (Å²) in [5.41, 5.74) is 5.39. The zero-order chi connectivity index (χ0) is 22.0. The quantitative estimate of drug-likeness (QED) is 0.419. The van der Waals surface area contributed by atoms with Crippen LogP contribution in [0.5, 0.6) is 0 Å². The van der Waals surface area contributed by atoms with Crippen molar-refractivity contribution < 1.29 is 9.21 Å². The Balaban J connectivity index is 1.49. The Bertz CT molecular complexity index is 1230. The van der Waals surface area contributed by atoms with Gasteiger partial charge >= 0.3 is 0 Å². The van der Waals surface area contributed by atoms with Gasteiger partial charge in [-0.25, -0.2) is 4.98 Å². The number of carbonyl (C=O) groups is 1. The molecule has 2 heterocycles. The number of hydrogen-bond donors (Lipinski definition) is 2. The number of amides is 1. The fraction of sp³-hybridized carbons (Fsp3) is 0.167. The van der Waals surface area contributed by atoms with Crippen molar-refractivity contribution in [2.75, 3.05) is 5.32 Å². The molecule has 2 aromatic carbocycles. The first-order chi connectivity index (χ1) is 14.9. The number of fused-ring (bicyclic) bond motifs is 1. The number of benzene rings is 2. The van der Waals surface area contributed by atoms with Crippen molar-refractivity contribution in [1.29, 1.82) is 0 Å². The van der Waals surface area contributed by atoms with Crippen LogP contribution in [0.4, 0.5) is 5.69 Å². The van der Waals surface area contributed by atoms with Gasteiger partial charge in [-0.1, -0.05) is 32.0 Å². The molecule has 2 N–H and O–H groups in total. The van der Waals surface area contributed by atoms with Gasteiger partial charge in [0.05, 0.1) is 0 Å². The molecular weight excluding hydrogens is 408 g/mol. The minimum Gasteiger partial charge on any atom is -0.434 e. The maximum absolute atomic E-state index is 12.5. The number of nitrogens with one attached hydrogen (secondary N) is 2. The van der Waals surface area contributed by atoms with E-state index in [0.717, 1.165) is 16.8 Å². The minimum absolute atomic E-state index is 0.220. The van der Waals surface area contributed by atoms with Gasteiger partial charge in [-0.15, -0.1) is 0 Å². The van der Waals surface area contributed by atoms with Crippen LogP contribution in [-0.2, 0) is 0 Å². The molecule has 0 aliphatic carbocycles. The van der Waals surface area contributed by atoms with Crippen LogP contribution in [0.2, 0.25) is 0 Å². The third-order valence-electron chi connectivity index (χ3n) is 5.04. The van der Waals surface area contributed by atoms with Gasteiger partial charge in [0.25, 0.3) is 5.91 Å². The number of aromatic nitrogens is 2. The molecule has 0 atom stereocenters. The Labute approximate surface area is 185 Å². The van der Waals surface area contributed by atoms with Gasteiger partial charge in [0.15, 0.2) is 16.3 Å². The fourth-order valence-corrected chi connectivity index (χ4v) is 3.44. The number of hydrogen-bond acceptors (Lipinski definition) is 5. The first kappa shape index (κ1) is 20.7. The van der Waals surface area contributed by atoms with Crippen molar-refractivity contribution in [2.45, 2.75) is 26.7 Å². The molecule has 2 aromatic heterocycles. The first-order valence-corrected chi connectivity index (χ1v) is 10.4. The molecule has 31 heavy (non-hydrogen) atoms. The number of rotatable bonds is 4. The Kier molecular flexibility index (Phi) is 5.77. The molecule has 0 aliphatic rings. The molecule has 1 amide bonds. The second-order valence-corrected chi connectivity index (χ2v) is 7.92. The van der Waals surface area contributed by atoms with E-state index in [0.29, 0.717) is 28.6 Å². The molecule has 0 bridgehead atoms. The normalized spacial score (nSPS) is 11.0. The maximum Gasteiger partial charge on any atom is 0.257 e. The summed E-state index contributed by atoms with van der Waals surface area (Å²) in [4.78, 5) is 21.2. The van der Waals surface area contributed by atoms with Crippen LogP contribution in [0.3, 0.4) is 0 Å². The Hall–Kier alpha value is -3.58. The predicted octanol–water partition coefficient (Wildman–Crippen LogP) is 5.45. The highest BCUT2D eigenvalue weighted by atomic mass is 32.1. The van der Waals surface area contributed by atoms with Gasteiger partial charge in [-0.2, -0.15) is 4.98 Å². The molecule has 4 aromatic rings. The van der Waals surface area contributed by atoms with Gasteiger partial charge in [0, 0.05) is 23.0 Å².